The van der Waals surface area contributed by atoms with Crippen molar-refractivity contribution in [1.82, 2.24) is 16.0 Å². The van der Waals surface area contributed by atoms with Crippen molar-refractivity contribution in [2.75, 3.05) is 6.54 Å². The molecular formula is C27H35N3O6. The van der Waals surface area contributed by atoms with Crippen molar-refractivity contribution in [2.24, 2.45) is 5.92 Å². The second kappa shape index (κ2) is 14.5. The Morgan fingerprint density at radius 3 is 2.17 bits per heavy atom. The predicted octanol–water partition coefficient (Wildman–Crippen LogP) is 2.86. The van der Waals surface area contributed by atoms with E-state index in [2.05, 4.69) is 16.0 Å². The maximum Gasteiger partial charge on any atom is 0.408 e. The lowest BCUT2D eigenvalue weighted by atomic mass is 10.0. The molecule has 2 aromatic rings. The Bertz CT molecular complexity index is 1010. The summed E-state index contributed by atoms with van der Waals surface area (Å²) in [6.07, 6.45) is 0.276. The first-order valence-corrected chi connectivity index (χ1v) is 12.1. The highest BCUT2D eigenvalue weighted by molar-refractivity contribution is 6.38. The molecule has 0 radical (unpaired) electrons. The molecule has 0 heterocycles. The van der Waals surface area contributed by atoms with E-state index in [9.17, 15) is 24.3 Å². The van der Waals surface area contributed by atoms with Gasteiger partial charge in [0.15, 0.2) is 0 Å². The van der Waals surface area contributed by atoms with Gasteiger partial charge in [0.2, 0.25) is 11.7 Å². The summed E-state index contributed by atoms with van der Waals surface area (Å²) in [4.78, 5) is 50.3. The smallest absolute Gasteiger partial charge is 0.408 e. The molecule has 0 aliphatic rings. The number of Topliss-reactive ketones (excluding diaryl/α,β-unsaturated/α-hetero) is 1. The highest BCUT2D eigenvalue weighted by atomic mass is 16.5. The molecule has 0 spiro atoms. The molecule has 2 atom stereocenters. The first-order valence-electron chi connectivity index (χ1n) is 12.1. The molecule has 0 saturated carbocycles. The highest BCUT2D eigenvalue weighted by Gasteiger charge is 2.29. The number of hydrogen-bond acceptors (Lipinski definition) is 6. The number of phenols is 1. The van der Waals surface area contributed by atoms with Crippen LogP contribution in [0.5, 0.6) is 5.75 Å². The Balaban J connectivity index is 1.89. The zero-order valence-corrected chi connectivity index (χ0v) is 21.0. The molecule has 0 aliphatic heterocycles. The van der Waals surface area contributed by atoms with Gasteiger partial charge < -0.3 is 25.8 Å². The molecule has 4 N–H and O–H groups in total. The number of phenolic OH excluding ortho intramolecular Hbond substituents is 1. The normalized spacial score (nSPS) is 12.3. The highest BCUT2D eigenvalue weighted by Crippen LogP contribution is 2.10. The summed E-state index contributed by atoms with van der Waals surface area (Å²) in [6.45, 7) is 5.78. The van der Waals surface area contributed by atoms with E-state index in [0.29, 0.717) is 12.8 Å². The van der Waals surface area contributed by atoms with Crippen LogP contribution in [0, 0.1) is 5.92 Å². The summed E-state index contributed by atoms with van der Waals surface area (Å²) >= 11 is 0. The topological polar surface area (TPSA) is 134 Å². The molecule has 2 unspecified atom stereocenters. The number of aromatic hydroxyl groups is 1. The molecule has 0 saturated heterocycles. The second-order valence-corrected chi connectivity index (χ2v) is 8.89. The Morgan fingerprint density at radius 1 is 0.889 bits per heavy atom. The number of ketones is 1. The molecule has 2 aromatic carbocycles. The quantitative estimate of drug-likeness (QED) is 0.315. The van der Waals surface area contributed by atoms with E-state index in [1.54, 1.807) is 31.2 Å². The molecule has 0 aliphatic carbocycles. The minimum atomic E-state index is -1.03. The summed E-state index contributed by atoms with van der Waals surface area (Å²) < 4.78 is 5.22. The third-order valence-corrected chi connectivity index (χ3v) is 5.43. The lowest BCUT2D eigenvalue weighted by Crippen LogP contribution is -2.54. The van der Waals surface area contributed by atoms with Gasteiger partial charge >= 0.3 is 6.09 Å². The van der Waals surface area contributed by atoms with Crippen molar-refractivity contribution in [3.63, 3.8) is 0 Å². The minimum Gasteiger partial charge on any atom is -0.508 e. The molecule has 36 heavy (non-hydrogen) atoms. The number of alkyl carbamates (subject to hydrolysis) is 1. The van der Waals surface area contributed by atoms with Gasteiger partial charge in [-0.2, -0.15) is 0 Å². The fourth-order valence-electron chi connectivity index (χ4n) is 3.46. The van der Waals surface area contributed by atoms with Gasteiger partial charge in [-0.15, -0.1) is 0 Å². The average Bonchev–Trinajstić information content (AvgIpc) is 2.86. The van der Waals surface area contributed by atoms with Gasteiger partial charge in [-0.3, -0.25) is 14.4 Å². The van der Waals surface area contributed by atoms with E-state index >= 15 is 0 Å². The van der Waals surface area contributed by atoms with E-state index in [0.717, 1.165) is 11.1 Å². The number of amides is 3. The fraction of sp³-hybridized carbons (Fsp3) is 0.407. The summed E-state index contributed by atoms with van der Waals surface area (Å²) in [7, 11) is 0. The zero-order chi connectivity index (χ0) is 26.5. The van der Waals surface area contributed by atoms with Crippen molar-refractivity contribution in [2.45, 2.75) is 58.7 Å². The largest absolute Gasteiger partial charge is 0.508 e. The lowest BCUT2D eigenvalue weighted by molar-refractivity contribution is -0.140. The summed E-state index contributed by atoms with van der Waals surface area (Å²) in [5.74, 6) is -1.89. The van der Waals surface area contributed by atoms with Gasteiger partial charge in [0.25, 0.3) is 5.91 Å². The van der Waals surface area contributed by atoms with E-state index in [1.165, 1.54) is 0 Å². The summed E-state index contributed by atoms with van der Waals surface area (Å²) in [5, 5.41) is 17.1. The first-order chi connectivity index (χ1) is 17.2. The van der Waals surface area contributed by atoms with Crippen LogP contribution >= 0.6 is 0 Å². The van der Waals surface area contributed by atoms with Gasteiger partial charge in [-0.1, -0.05) is 63.2 Å². The standard InChI is InChI=1S/C27H35N3O6/c1-4-22(24(32)26(34)28-15-14-19-10-12-21(31)13-11-19)29-25(33)23(16-18(2)3)30-27(35)36-17-20-8-6-5-7-9-20/h5-13,18,22-23,31H,4,14-17H2,1-3H3,(H,28,34)(H,29,33)(H,30,35). The van der Waals surface area contributed by atoms with Gasteiger partial charge in [0.05, 0.1) is 6.04 Å². The monoisotopic (exact) mass is 497 g/mol. The second-order valence-electron chi connectivity index (χ2n) is 8.89. The van der Waals surface area contributed by atoms with Crippen molar-refractivity contribution in [3.05, 3.63) is 65.7 Å². The van der Waals surface area contributed by atoms with Crippen LogP contribution in [0.25, 0.3) is 0 Å². The van der Waals surface area contributed by atoms with Crippen LogP contribution < -0.4 is 16.0 Å². The summed E-state index contributed by atoms with van der Waals surface area (Å²) in [6, 6.07) is 13.7. The van der Waals surface area contributed by atoms with Crippen LogP contribution in [0.15, 0.2) is 54.6 Å². The number of ether oxygens (including phenoxy) is 1. The Morgan fingerprint density at radius 2 is 1.56 bits per heavy atom. The number of benzene rings is 2. The van der Waals surface area contributed by atoms with Gasteiger partial charge in [0.1, 0.15) is 18.4 Å². The molecule has 3 amide bonds. The van der Waals surface area contributed by atoms with Crippen LogP contribution in [0.1, 0.15) is 44.7 Å². The van der Waals surface area contributed by atoms with Gasteiger partial charge in [-0.25, -0.2) is 4.79 Å². The maximum atomic E-state index is 12.9. The SMILES string of the molecule is CCC(NC(=O)C(CC(C)C)NC(=O)OCc1ccccc1)C(=O)C(=O)NCCc1ccc(O)cc1. The van der Waals surface area contributed by atoms with E-state index in [4.69, 9.17) is 4.74 Å². The van der Waals surface area contributed by atoms with E-state index in [1.807, 2.05) is 44.2 Å². The lowest BCUT2D eigenvalue weighted by Gasteiger charge is -2.23. The Hall–Kier alpha value is -3.88. The van der Waals surface area contributed by atoms with Crippen molar-refractivity contribution < 1.29 is 29.0 Å². The van der Waals surface area contributed by atoms with Crippen molar-refractivity contribution in [3.8, 4) is 5.75 Å². The van der Waals surface area contributed by atoms with Crippen LogP contribution in [-0.2, 0) is 32.1 Å². The molecule has 0 aromatic heterocycles. The zero-order valence-electron chi connectivity index (χ0n) is 21.0. The van der Waals surface area contributed by atoms with E-state index < -0.39 is 35.8 Å². The van der Waals surface area contributed by atoms with Crippen LogP contribution in [0.4, 0.5) is 4.79 Å². The van der Waals surface area contributed by atoms with Crippen LogP contribution in [0.3, 0.4) is 0 Å². The number of carbonyl (C=O) groups excluding carboxylic acids is 4. The average molecular weight is 498 g/mol. The third kappa shape index (κ3) is 9.77. The number of nitrogens with one attached hydrogen (secondary N) is 3. The molecule has 0 bridgehead atoms. The number of rotatable bonds is 13. The first kappa shape index (κ1) is 28.4. The van der Waals surface area contributed by atoms with E-state index in [-0.39, 0.29) is 31.2 Å². The van der Waals surface area contributed by atoms with Crippen LogP contribution in [0.2, 0.25) is 0 Å². The molecular weight excluding hydrogens is 462 g/mol. The van der Waals surface area contributed by atoms with Gasteiger partial charge in [0, 0.05) is 6.54 Å². The maximum absolute atomic E-state index is 12.9. The molecule has 9 heteroatoms. The Kier molecular flexibility index (Phi) is 11.4. The predicted molar refractivity (Wildman–Crippen MR) is 135 cm³/mol. The number of hydrogen-bond donors (Lipinski definition) is 4. The molecule has 194 valence electrons. The third-order valence-electron chi connectivity index (χ3n) is 5.43. The van der Waals surface area contributed by atoms with Crippen molar-refractivity contribution in [1.29, 1.82) is 0 Å². The van der Waals surface area contributed by atoms with Gasteiger partial charge in [-0.05, 0) is 48.4 Å². The summed E-state index contributed by atoms with van der Waals surface area (Å²) in [5.41, 5.74) is 1.70. The number of carbonyl (C=O) groups is 4. The molecule has 0 fully saturated rings. The van der Waals surface area contributed by atoms with Crippen LogP contribution in [-0.4, -0.2) is 47.4 Å². The fourth-order valence-corrected chi connectivity index (χ4v) is 3.46. The molecule has 9 nitrogen and oxygen atoms in total. The van der Waals surface area contributed by atoms with Crippen molar-refractivity contribution >= 4 is 23.7 Å². The molecule has 2 rings (SSSR count). The minimum absolute atomic E-state index is 0.0586. The Labute approximate surface area is 211 Å².